The van der Waals surface area contributed by atoms with Crippen molar-refractivity contribution in [3.8, 4) is 0 Å². The highest BCUT2D eigenvalue weighted by Gasteiger charge is 2.31. The van der Waals surface area contributed by atoms with Crippen molar-refractivity contribution in [2.24, 2.45) is 11.7 Å². The average Bonchev–Trinajstić information content (AvgIpc) is 2.35. The van der Waals surface area contributed by atoms with Gasteiger partial charge in [-0.25, -0.2) is 0 Å². The first-order chi connectivity index (χ1) is 9.15. The third-order valence-electron chi connectivity index (χ3n) is 3.05. The van der Waals surface area contributed by atoms with Crippen molar-refractivity contribution in [3.05, 3.63) is 28.8 Å². The lowest BCUT2D eigenvalue weighted by molar-refractivity contribution is -0.137. The van der Waals surface area contributed by atoms with Gasteiger partial charge >= 0.3 is 6.18 Å². The molecule has 3 N–H and O–H groups in total. The zero-order valence-electron chi connectivity index (χ0n) is 11.1. The second-order valence-electron chi connectivity index (χ2n) is 4.63. The van der Waals surface area contributed by atoms with Gasteiger partial charge < -0.3 is 11.1 Å². The van der Waals surface area contributed by atoms with Crippen LogP contribution in [0.1, 0.15) is 25.8 Å². The van der Waals surface area contributed by atoms with Crippen LogP contribution in [0.2, 0.25) is 5.02 Å². The van der Waals surface area contributed by atoms with Crippen LogP contribution in [0.15, 0.2) is 18.2 Å². The second kappa shape index (κ2) is 6.45. The van der Waals surface area contributed by atoms with Gasteiger partial charge in [0.05, 0.1) is 11.6 Å². The van der Waals surface area contributed by atoms with Gasteiger partial charge in [0.1, 0.15) is 0 Å². The summed E-state index contributed by atoms with van der Waals surface area (Å²) in [5.74, 6) is -0.606. The molecule has 7 heteroatoms. The van der Waals surface area contributed by atoms with Gasteiger partial charge in [0.2, 0.25) is 5.91 Å². The number of anilines is 1. The Bertz CT molecular complexity index is 491. The quantitative estimate of drug-likeness (QED) is 0.891. The van der Waals surface area contributed by atoms with Crippen LogP contribution in [0.4, 0.5) is 18.9 Å². The minimum absolute atomic E-state index is 0.0198. The van der Waals surface area contributed by atoms with Crippen LogP contribution in [0.3, 0.4) is 0 Å². The Kier molecular flexibility index (Phi) is 5.42. The van der Waals surface area contributed by atoms with E-state index in [0.717, 1.165) is 12.1 Å². The number of hydrogen-bond acceptors (Lipinski definition) is 2. The van der Waals surface area contributed by atoms with Gasteiger partial charge in [-0.2, -0.15) is 13.2 Å². The monoisotopic (exact) mass is 308 g/mol. The molecule has 0 spiro atoms. The van der Waals surface area contributed by atoms with E-state index in [1.807, 2.05) is 6.92 Å². The summed E-state index contributed by atoms with van der Waals surface area (Å²) >= 11 is 5.63. The molecule has 112 valence electrons. The maximum Gasteiger partial charge on any atom is 0.416 e. The molecule has 3 nitrogen and oxygen atoms in total. The van der Waals surface area contributed by atoms with Gasteiger partial charge in [-0.05, 0) is 24.1 Å². The summed E-state index contributed by atoms with van der Waals surface area (Å²) in [6, 6.07) is 2.09. The largest absolute Gasteiger partial charge is 0.416 e. The zero-order chi connectivity index (χ0) is 15.5. The van der Waals surface area contributed by atoms with E-state index in [-0.39, 0.29) is 16.6 Å². The molecule has 2 atom stereocenters. The van der Waals surface area contributed by atoms with Gasteiger partial charge in [-0.15, -0.1) is 0 Å². The van der Waals surface area contributed by atoms with Gasteiger partial charge in [0, 0.05) is 10.7 Å². The van der Waals surface area contributed by atoms with Gasteiger partial charge in [0.15, 0.2) is 0 Å². The Morgan fingerprint density at radius 2 is 2.00 bits per heavy atom. The lowest BCUT2D eigenvalue weighted by atomic mass is 9.99. The van der Waals surface area contributed by atoms with Gasteiger partial charge in [0.25, 0.3) is 0 Å². The maximum absolute atomic E-state index is 12.6. The summed E-state index contributed by atoms with van der Waals surface area (Å²) in [6.45, 7) is 3.67. The van der Waals surface area contributed by atoms with E-state index >= 15 is 0 Å². The van der Waals surface area contributed by atoms with E-state index in [2.05, 4.69) is 5.32 Å². The molecule has 1 aromatic rings. The van der Waals surface area contributed by atoms with Crippen molar-refractivity contribution in [2.75, 3.05) is 5.32 Å². The number of carbonyl (C=O) groups is 1. The molecular formula is C13H16ClF3N2O. The van der Waals surface area contributed by atoms with Crippen molar-refractivity contribution in [2.45, 2.75) is 32.5 Å². The molecule has 0 saturated carbocycles. The lowest BCUT2D eigenvalue weighted by Gasteiger charge is -2.18. The first kappa shape index (κ1) is 16.8. The third-order valence-corrected chi connectivity index (χ3v) is 3.27. The van der Waals surface area contributed by atoms with Crippen molar-refractivity contribution in [3.63, 3.8) is 0 Å². The average molecular weight is 309 g/mol. The van der Waals surface area contributed by atoms with E-state index in [9.17, 15) is 18.0 Å². The molecule has 0 fully saturated rings. The highest BCUT2D eigenvalue weighted by atomic mass is 35.5. The molecule has 0 aliphatic rings. The van der Waals surface area contributed by atoms with Crippen LogP contribution in [0.5, 0.6) is 0 Å². The molecule has 1 amide bonds. The van der Waals surface area contributed by atoms with Gasteiger partial charge in [-0.1, -0.05) is 31.9 Å². The number of halogens is 4. The predicted molar refractivity (Wildman–Crippen MR) is 72.5 cm³/mol. The van der Waals surface area contributed by atoms with Crippen LogP contribution < -0.4 is 11.1 Å². The van der Waals surface area contributed by atoms with Crippen molar-refractivity contribution < 1.29 is 18.0 Å². The summed E-state index contributed by atoms with van der Waals surface area (Å²) in [5, 5.41) is 2.26. The van der Waals surface area contributed by atoms with Crippen LogP contribution in [-0.2, 0) is 11.0 Å². The minimum atomic E-state index is -4.52. The number of hydrogen-bond donors (Lipinski definition) is 2. The van der Waals surface area contributed by atoms with Crippen LogP contribution >= 0.6 is 11.6 Å². The maximum atomic E-state index is 12.6. The number of carbonyl (C=O) groups excluding carboxylic acids is 1. The summed E-state index contributed by atoms with van der Waals surface area (Å²) in [7, 11) is 0. The Hall–Kier alpha value is -1.27. The fraction of sp³-hybridized carbons (Fsp3) is 0.462. The highest BCUT2D eigenvalue weighted by Crippen LogP contribution is 2.33. The molecule has 0 bridgehead atoms. The minimum Gasteiger partial charge on any atom is -0.325 e. The summed E-state index contributed by atoms with van der Waals surface area (Å²) in [4.78, 5) is 11.8. The van der Waals surface area contributed by atoms with E-state index in [0.29, 0.717) is 6.42 Å². The Balaban J connectivity index is 2.93. The summed E-state index contributed by atoms with van der Waals surface area (Å²) in [5.41, 5.74) is 4.77. The summed E-state index contributed by atoms with van der Waals surface area (Å²) in [6.07, 6.45) is -3.83. The molecule has 0 heterocycles. The highest BCUT2D eigenvalue weighted by molar-refractivity contribution is 6.31. The molecule has 0 aliphatic heterocycles. The Labute approximate surface area is 120 Å². The lowest BCUT2D eigenvalue weighted by Crippen LogP contribution is -2.40. The first-order valence-corrected chi connectivity index (χ1v) is 6.47. The van der Waals surface area contributed by atoms with Crippen molar-refractivity contribution in [1.82, 2.24) is 0 Å². The SMILES string of the molecule is CCC(C)[C@H](N)C(=O)Nc1cc(Cl)cc(C(F)(F)F)c1. The molecule has 0 aromatic heterocycles. The standard InChI is InChI=1S/C13H16ClF3N2O/c1-3-7(2)11(18)12(20)19-10-5-8(13(15,16)17)4-9(14)6-10/h4-7,11H,3,18H2,1-2H3,(H,19,20)/t7?,11-/m0/s1. The zero-order valence-corrected chi connectivity index (χ0v) is 11.8. The van der Waals surface area contributed by atoms with E-state index in [4.69, 9.17) is 17.3 Å². The molecule has 1 aromatic carbocycles. The number of nitrogens with one attached hydrogen (secondary N) is 1. The molecule has 0 saturated heterocycles. The van der Waals surface area contributed by atoms with Gasteiger partial charge in [-0.3, -0.25) is 4.79 Å². The van der Waals surface area contributed by atoms with E-state index in [1.165, 1.54) is 6.07 Å². The van der Waals surface area contributed by atoms with Crippen molar-refractivity contribution >= 4 is 23.2 Å². The molecule has 20 heavy (non-hydrogen) atoms. The smallest absolute Gasteiger partial charge is 0.325 e. The second-order valence-corrected chi connectivity index (χ2v) is 5.06. The number of rotatable bonds is 4. The van der Waals surface area contributed by atoms with Crippen LogP contribution in [0, 0.1) is 5.92 Å². The van der Waals surface area contributed by atoms with E-state index in [1.54, 1.807) is 6.92 Å². The molecule has 0 aliphatic carbocycles. The Morgan fingerprint density at radius 3 is 2.50 bits per heavy atom. The van der Waals surface area contributed by atoms with Crippen LogP contribution in [0.25, 0.3) is 0 Å². The number of amides is 1. The number of benzene rings is 1. The predicted octanol–water partition coefficient (Wildman–Crippen LogP) is 3.67. The topological polar surface area (TPSA) is 55.1 Å². The Morgan fingerprint density at radius 1 is 1.40 bits per heavy atom. The first-order valence-electron chi connectivity index (χ1n) is 6.09. The number of alkyl halides is 3. The van der Waals surface area contributed by atoms with Crippen molar-refractivity contribution in [1.29, 1.82) is 0 Å². The fourth-order valence-corrected chi connectivity index (χ4v) is 1.80. The van der Waals surface area contributed by atoms with Crippen LogP contribution in [-0.4, -0.2) is 11.9 Å². The normalized spacial score (nSPS) is 14.8. The summed E-state index contributed by atoms with van der Waals surface area (Å²) < 4.78 is 37.9. The molecule has 1 rings (SSSR count). The third kappa shape index (κ3) is 4.38. The van der Waals surface area contributed by atoms with E-state index < -0.39 is 23.7 Å². The molecular weight excluding hydrogens is 293 g/mol. The fourth-order valence-electron chi connectivity index (χ4n) is 1.56. The number of nitrogens with two attached hydrogens (primary N) is 1. The molecule has 0 radical (unpaired) electrons. The molecule has 1 unspecified atom stereocenters.